The Hall–Kier alpha value is -3.74. The second-order valence-electron chi connectivity index (χ2n) is 6.98. The summed E-state index contributed by atoms with van der Waals surface area (Å²) in [6.45, 7) is 4.88. The van der Waals surface area contributed by atoms with Gasteiger partial charge in [0.1, 0.15) is 0 Å². The van der Waals surface area contributed by atoms with Crippen molar-refractivity contribution in [1.82, 2.24) is 4.98 Å². The Labute approximate surface area is 174 Å². The van der Waals surface area contributed by atoms with Crippen LogP contribution >= 0.6 is 0 Å². The number of nitrogens with one attached hydrogen (secondary N) is 1. The van der Waals surface area contributed by atoms with E-state index in [1.807, 2.05) is 18.2 Å². The quantitative estimate of drug-likeness (QED) is 0.624. The number of para-hydroxylation sites is 1. The van der Waals surface area contributed by atoms with Gasteiger partial charge in [0.25, 0.3) is 5.91 Å². The zero-order valence-corrected chi connectivity index (χ0v) is 17.0. The van der Waals surface area contributed by atoms with Gasteiger partial charge in [-0.05, 0) is 57.2 Å². The SMILES string of the molecule is Cc1cc(C(=O)OCC(=O)Nc2ccc(C(=O)OC(C)C)cc2)c2ccccc2n1. The van der Waals surface area contributed by atoms with Crippen molar-refractivity contribution < 1.29 is 23.9 Å². The lowest BCUT2D eigenvalue weighted by Crippen LogP contribution is -2.21. The number of aromatic nitrogens is 1. The molecule has 7 nitrogen and oxygen atoms in total. The minimum absolute atomic E-state index is 0.215. The van der Waals surface area contributed by atoms with Gasteiger partial charge in [-0.15, -0.1) is 0 Å². The number of nitrogens with zero attached hydrogens (tertiary/aromatic N) is 1. The normalized spacial score (nSPS) is 10.7. The van der Waals surface area contributed by atoms with E-state index in [0.717, 1.165) is 0 Å². The Morgan fingerprint density at radius 2 is 1.70 bits per heavy atom. The van der Waals surface area contributed by atoms with Gasteiger partial charge in [-0.25, -0.2) is 9.59 Å². The molecule has 0 spiro atoms. The van der Waals surface area contributed by atoms with Gasteiger partial charge < -0.3 is 14.8 Å². The van der Waals surface area contributed by atoms with E-state index in [-0.39, 0.29) is 6.10 Å². The predicted molar refractivity (Wildman–Crippen MR) is 112 cm³/mol. The van der Waals surface area contributed by atoms with Crippen molar-refractivity contribution in [3.63, 3.8) is 0 Å². The van der Waals surface area contributed by atoms with E-state index in [1.165, 1.54) is 0 Å². The third-order valence-electron chi connectivity index (χ3n) is 4.15. The number of anilines is 1. The van der Waals surface area contributed by atoms with E-state index < -0.39 is 24.5 Å². The van der Waals surface area contributed by atoms with E-state index in [2.05, 4.69) is 10.3 Å². The Bertz CT molecular complexity index is 1090. The number of carbonyl (C=O) groups excluding carboxylic acids is 3. The average molecular weight is 406 g/mol. The highest BCUT2D eigenvalue weighted by molar-refractivity contribution is 6.04. The molecule has 2 aromatic carbocycles. The lowest BCUT2D eigenvalue weighted by atomic mass is 10.1. The number of amides is 1. The number of carbonyl (C=O) groups is 3. The topological polar surface area (TPSA) is 94.6 Å². The van der Waals surface area contributed by atoms with Crippen LogP contribution in [0.5, 0.6) is 0 Å². The molecule has 0 radical (unpaired) electrons. The largest absolute Gasteiger partial charge is 0.459 e. The van der Waals surface area contributed by atoms with E-state index >= 15 is 0 Å². The Kier molecular flexibility index (Phi) is 6.41. The summed E-state index contributed by atoms with van der Waals surface area (Å²) in [6, 6.07) is 15.1. The van der Waals surface area contributed by atoms with Gasteiger partial charge in [0, 0.05) is 16.8 Å². The molecule has 0 saturated carbocycles. The first-order chi connectivity index (χ1) is 14.3. The summed E-state index contributed by atoms with van der Waals surface area (Å²) in [5.74, 6) is -1.52. The van der Waals surface area contributed by atoms with Crippen LogP contribution in [0.3, 0.4) is 0 Å². The fourth-order valence-electron chi connectivity index (χ4n) is 2.85. The molecule has 1 amide bonds. The Morgan fingerprint density at radius 3 is 2.40 bits per heavy atom. The number of fused-ring (bicyclic) bond motifs is 1. The highest BCUT2D eigenvalue weighted by Crippen LogP contribution is 2.19. The van der Waals surface area contributed by atoms with Crippen LogP contribution in [-0.2, 0) is 14.3 Å². The lowest BCUT2D eigenvalue weighted by molar-refractivity contribution is -0.119. The molecule has 7 heteroatoms. The highest BCUT2D eigenvalue weighted by atomic mass is 16.5. The van der Waals surface area contributed by atoms with Crippen LogP contribution in [0.15, 0.2) is 54.6 Å². The van der Waals surface area contributed by atoms with Crippen LogP contribution < -0.4 is 5.32 Å². The van der Waals surface area contributed by atoms with E-state index in [1.54, 1.807) is 57.2 Å². The first-order valence-electron chi connectivity index (χ1n) is 9.48. The lowest BCUT2D eigenvalue weighted by Gasteiger charge is -2.10. The van der Waals surface area contributed by atoms with Gasteiger partial charge in [0.05, 0.1) is 22.7 Å². The number of hydrogen-bond acceptors (Lipinski definition) is 6. The molecule has 0 saturated heterocycles. The van der Waals surface area contributed by atoms with Crippen LogP contribution in [0.2, 0.25) is 0 Å². The van der Waals surface area contributed by atoms with Crippen LogP contribution in [0.4, 0.5) is 5.69 Å². The number of aryl methyl sites for hydroxylation is 1. The fraction of sp³-hybridized carbons (Fsp3) is 0.217. The molecule has 30 heavy (non-hydrogen) atoms. The van der Waals surface area contributed by atoms with Crippen LogP contribution in [0, 0.1) is 6.92 Å². The molecule has 1 aromatic heterocycles. The molecule has 0 aliphatic rings. The molecule has 154 valence electrons. The van der Waals surface area contributed by atoms with Crippen molar-refractivity contribution in [1.29, 1.82) is 0 Å². The van der Waals surface area contributed by atoms with Crippen molar-refractivity contribution in [3.8, 4) is 0 Å². The monoisotopic (exact) mass is 406 g/mol. The Balaban J connectivity index is 1.60. The Morgan fingerprint density at radius 1 is 1.00 bits per heavy atom. The number of ether oxygens (including phenoxy) is 2. The van der Waals surface area contributed by atoms with Gasteiger partial charge in [-0.2, -0.15) is 0 Å². The first-order valence-corrected chi connectivity index (χ1v) is 9.48. The number of benzene rings is 2. The summed E-state index contributed by atoms with van der Waals surface area (Å²) >= 11 is 0. The van der Waals surface area contributed by atoms with Crippen molar-refractivity contribution in [2.75, 3.05) is 11.9 Å². The number of esters is 2. The molecule has 0 fully saturated rings. The van der Waals surface area contributed by atoms with Crippen molar-refractivity contribution in [2.45, 2.75) is 26.9 Å². The molecule has 0 aliphatic heterocycles. The predicted octanol–water partition coefficient (Wildman–Crippen LogP) is 3.90. The zero-order valence-electron chi connectivity index (χ0n) is 17.0. The standard InChI is InChI=1S/C23H22N2O5/c1-14(2)30-22(27)16-8-10-17(11-9-16)25-21(26)13-29-23(28)19-12-15(3)24-20-7-5-4-6-18(19)20/h4-12,14H,13H2,1-3H3,(H,25,26). The first kappa shape index (κ1) is 21.0. The number of pyridine rings is 1. The summed E-state index contributed by atoms with van der Waals surface area (Å²) in [4.78, 5) is 40.9. The van der Waals surface area contributed by atoms with Gasteiger partial charge in [-0.1, -0.05) is 18.2 Å². The van der Waals surface area contributed by atoms with E-state index in [0.29, 0.717) is 33.4 Å². The molecular formula is C23H22N2O5. The molecule has 3 rings (SSSR count). The molecule has 0 bridgehead atoms. The van der Waals surface area contributed by atoms with Gasteiger partial charge >= 0.3 is 11.9 Å². The second-order valence-corrected chi connectivity index (χ2v) is 6.98. The maximum absolute atomic E-state index is 12.5. The van der Waals surface area contributed by atoms with Crippen LogP contribution in [0.25, 0.3) is 10.9 Å². The fourth-order valence-corrected chi connectivity index (χ4v) is 2.85. The molecule has 1 heterocycles. The molecule has 0 atom stereocenters. The van der Waals surface area contributed by atoms with Gasteiger partial charge in [0.2, 0.25) is 0 Å². The molecular weight excluding hydrogens is 384 g/mol. The van der Waals surface area contributed by atoms with Gasteiger partial charge in [-0.3, -0.25) is 9.78 Å². The molecule has 0 aliphatic carbocycles. The summed E-state index contributed by atoms with van der Waals surface area (Å²) < 4.78 is 10.3. The van der Waals surface area contributed by atoms with Crippen molar-refractivity contribution in [3.05, 3.63) is 71.4 Å². The highest BCUT2D eigenvalue weighted by Gasteiger charge is 2.15. The minimum Gasteiger partial charge on any atom is -0.459 e. The molecule has 1 N–H and O–H groups in total. The van der Waals surface area contributed by atoms with Gasteiger partial charge in [0.15, 0.2) is 6.61 Å². The number of rotatable bonds is 6. The minimum atomic E-state index is -0.598. The summed E-state index contributed by atoms with van der Waals surface area (Å²) in [5.41, 5.74) is 2.58. The maximum atomic E-state index is 12.5. The van der Waals surface area contributed by atoms with E-state index in [4.69, 9.17) is 9.47 Å². The maximum Gasteiger partial charge on any atom is 0.339 e. The van der Waals surface area contributed by atoms with Crippen LogP contribution in [-0.4, -0.2) is 35.5 Å². The third kappa shape index (κ3) is 5.20. The summed E-state index contributed by atoms with van der Waals surface area (Å²) in [7, 11) is 0. The zero-order chi connectivity index (χ0) is 21.7. The summed E-state index contributed by atoms with van der Waals surface area (Å²) in [5, 5.41) is 3.29. The molecule has 0 unspecified atom stereocenters. The molecule has 3 aromatic rings. The third-order valence-corrected chi connectivity index (χ3v) is 4.15. The van der Waals surface area contributed by atoms with Crippen molar-refractivity contribution in [2.24, 2.45) is 0 Å². The second kappa shape index (κ2) is 9.17. The smallest absolute Gasteiger partial charge is 0.339 e. The summed E-state index contributed by atoms with van der Waals surface area (Å²) in [6.07, 6.45) is -0.215. The van der Waals surface area contributed by atoms with Crippen molar-refractivity contribution >= 4 is 34.4 Å². The average Bonchev–Trinajstić information content (AvgIpc) is 2.71. The number of hydrogen-bond donors (Lipinski definition) is 1. The van der Waals surface area contributed by atoms with E-state index in [9.17, 15) is 14.4 Å². The van der Waals surface area contributed by atoms with Crippen LogP contribution in [0.1, 0.15) is 40.3 Å².